The van der Waals surface area contributed by atoms with Crippen molar-refractivity contribution in [1.82, 2.24) is 5.32 Å². The first-order valence-electron chi connectivity index (χ1n) is 7.77. The van der Waals surface area contributed by atoms with Crippen molar-refractivity contribution < 1.29 is 19.0 Å². The van der Waals surface area contributed by atoms with Gasteiger partial charge in [-0.1, -0.05) is 12.5 Å². The molecular weight excluding hydrogens is 317 g/mol. The van der Waals surface area contributed by atoms with Crippen molar-refractivity contribution in [3.05, 3.63) is 34.5 Å². The summed E-state index contributed by atoms with van der Waals surface area (Å²) in [6, 6.07) is 4.81. The normalized spacial score (nSPS) is 16.3. The quantitative estimate of drug-likeness (QED) is 0.852. The van der Waals surface area contributed by atoms with Crippen molar-refractivity contribution in [2.45, 2.75) is 32.0 Å². The Balaban J connectivity index is 1.81. The molecular formula is C17H20FNO3S. The van der Waals surface area contributed by atoms with Crippen molar-refractivity contribution in [1.29, 1.82) is 0 Å². The SMILES string of the molecule is COCc1c(C(=O)NC[C@@H](O)C2CCC2)sc2cccc(F)c12. The van der Waals surface area contributed by atoms with Gasteiger partial charge in [0.2, 0.25) is 0 Å². The Bertz CT molecular complexity index is 711. The Hall–Kier alpha value is -1.50. The monoisotopic (exact) mass is 337 g/mol. The zero-order valence-corrected chi connectivity index (χ0v) is 13.8. The van der Waals surface area contributed by atoms with Crippen LogP contribution in [0.2, 0.25) is 0 Å². The molecule has 1 amide bonds. The second-order valence-electron chi connectivity index (χ2n) is 5.92. The van der Waals surface area contributed by atoms with Crippen LogP contribution in [-0.2, 0) is 11.3 Å². The molecule has 2 N–H and O–H groups in total. The molecule has 1 aliphatic carbocycles. The van der Waals surface area contributed by atoms with Gasteiger partial charge in [0.15, 0.2) is 0 Å². The summed E-state index contributed by atoms with van der Waals surface area (Å²) in [5.74, 6) is -0.344. The van der Waals surface area contributed by atoms with Gasteiger partial charge in [0.1, 0.15) is 5.82 Å². The predicted molar refractivity (Wildman–Crippen MR) is 88.2 cm³/mol. The summed E-state index contributed by atoms with van der Waals surface area (Å²) in [5.41, 5.74) is 0.571. The molecule has 6 heteroatoms. The molecule has 1 fully saturated rings. The van der Waals surface area contributed by atoms with Crippen LogP contribution in [0.5, 0.6) is 0 Å². The lowest BCUT2D eigenvalue weighted by atomic mass is 9.81. The topological polar surface area (TPSA) is 58.6 Å². The number of rotatable bonds is 6. The van der Waals surface area contributed by atoms with E-state index >= 15 is 0 Å². The molecule has 0 unspecified atom stereocenters. The molecule has 23 heavy (non-hydrogen) atoms. The number of nitrogens with one attached hydrogen (secondary N) is 1. The number of hydrogen-bond donors (Lipinski definition) is 2. The largest absolute Gasteiger partial charge is 0.391 e. The van der Waals surface area contributed by atoms with Gasteiger partial charge >= 0.3 is 0 Å². The number of ether oxygens (including phenoxy) is 1. The van der Waals surface area contributed by atoms with Crippen molar-refractivity contribution in [3.8, 4) is 0 Å². The van der Waals surface area contributed by atoms with E-state index in [1.807, 2.05) is 0 Å². The number of carbonyl (C=O) groups is 1. The molecule has 4 nitrogen and oxygen atoms in total. The van der Waals surface area contributed by atoms with E-state index < -0.39 is 6.10 Å². The standard InChI is InChI=1S/C17H20FNO3S/c1-22-9-11-15-12(18)6-3-7-14(15)23-16(11)17(21)19-8-13(20)10-4-2-5-10/h3,6-7,10,13,20H,2,4-5,8-9H2,1H3,(H,19,21)/t13-/m1/s1. The summed E-state index contributed by atoms with van der Waals surface area (Å²) >= 11 is 1.25. The number of methoxy groups -OCH3 is 1. The zero-order valence-electron chi connectivity index (χ0n) is 13.0. The number of halogens is 1. The minimum absolute atomic E-state index is 0.175. The number of amides is 1. The average molecular weight is 337 g/mol. The zero-order chi connectivity index (χ0) is 16.4. The summed E-state index contributed by atoms with van der Waals surface area (Å²) in [6.07, 6.45) is 2.66. The highest BCUT2D eigenvalue weighted by Gasteiger charge is 2.27. The van der Waals surface area contributed by atoms with Crippen LogP contribution in [0.15, 0.2) is 18.2 Å². The summed E-state index contributed by atoms with van der Waals surface area (Å²) in [5, 5.41) is 13.2. The third-order valence-electron chi connectivity index (χ3n) is 4.42. The van der Waals surface area contributed by atoms with Gasteiger partial charge in [-0.25, -0.2) is 4.39 Å². The van der Waals surface area contributed by atoms with Gasteiger partial charge in [-0.15, -0.1) is 11.3 Å². The second kappa shape index (κ2) is 6.95. The van der Waals surface area contributed by atoms with E-state index in [9.17, 15) is 14.3 Å². The molecule has 124 valence electrons. The van der Waals surface area contributed by atoms with Gasteiger partial charge < -0.3 is 15.2 Å². The van der Waals surface area contributed by atoms with E-state index in [0.717, 1.165) is 24.0 Å². The Morgan fingerprint density at radius 2 is 2.30 bits per heavy atom. The third kappa shape index (κ3) is 3.24. The van der Waals surface area contributed by atoms with Crippen LogP contribution in [0.3, 0.4) is 0 Å². The van der Waals surface area contributed by atoms with Crippen molar-refractivity contribution >= 4 is 27.3 Å². The lowest BCUT2D eigenvalue weighted by Gasteiger charge is -2.30. The van der Waals surface area contributed by atoms with E-state index in [-0.39, 0.29) is 30.8 Å². The van der Waals surface area contributed by atoms with Gasteiger partial charge in [-0.05, 0) is 30.9 Å². The number of fused-ring (bicyclic) bond motifs is 1. The highest BCUT2D eigenvalue weighted by atomic mass is 32.1. The molecule has 0 saturated heterocycles. The smallest absolute Gasteiger partial charge is 0.261 e. The Morgan fingerprint density at radius 3 is 2.96 bits per heavy atom. The fourth-order valence-corrected chi connectivity index (χ4v) is 4.04. The molecule has 1 aromatic heterocycles. The maximum absolute atomic E-state index is 14.1. The van der Waals surface area contributed by atoms with Gasteiger partial charge in [0.25, 0.3) is 5.91 Å². The molecule has 3 rings (SSSR count). The maximum atomic E-state index is 14.1. The average Bonchev–Trinajstić information content (AvgIpc) is 2.84. The van der Waals surface area contributed by atoms with E-state index in [1.165, 1.54) is 24.5 Å². The van der Waals surface area contributed by atoms with Crippen LogP contribution in [0.1, 0.15) is 34.5 Å². The van der Waals surface area contributed by atoms with Crippen LogP contribution in [0.4, 0.5) is 4.39 Å². The molecule has 0 radical (unpaired) electrons. The van der Waals surface area contributed by atoms with E-state index in [2.05, 4.69) is 5.32 Å². The van der Waals surface area contributed by atoms with E-state index in [0.29, 0.717) is 15.8 Å². The molecule has 0 spiro atoms. The lowest BCUT2D eigenvalue weighted by molar-refractivity contribution is 0.0584. The van der Waals surface area contributed by atoms with Gasteiger partial charge in [0, 0.05) is 29.3 Å². The number of benzene rings is 1. The number of aliphatic hydroxyl groups excluding tert-OH is 1. The van der Waals surface area contributed by atoms with Crippen molar-refractivity contribution in [3.63, 3.8) is 0 Å². The fourth-order valence-electron chi connectivity index (χ4n) is 2.90. The fraction of sp³-hybridized carbons (Fsp3) is 0.471. The Labute approximate surface area is 138 Å². The summed E-state index contributed by atoms with van der Waals surface area (Å²) in [4.78, 5) is 12.9. The first kappa shape index (κ1) is 16.4. The van der Waals surface area contributed by atoms with Gasteiger partial charge in [-0.2, -0.15) is 0 Å². The van der Waals surface area contributed by atoms with Crippen LogP contribution >= 0.6 is 11.3 Å². The van der Waals surface area contributed by atoms with E-state index in [4.69, 9.17) is 4.74 Å². The molecule has 1 atom stereocenters. The minimum atomic E-state index is -0.510. The molecule has 1 aromatic carbocycles. The molecule has 1 aliphatic rings. The van der Waals surface area contributed by atoms with Gasteiger partial charge in [0.05, 0.1) is 17.6 Å². The lowest BCUT2D eigenvalue weighted by Crippen LogP contribution is -2.38. The minimum Gasteiger partial charge on any atom is -0.391 e. The van der Waals surface area contributed by atoms with Crippen LogP contribution in [0, 0.1) is 11.7 Å². The molecule has 1 heterocycles. The van der Waals surface area contributed by atoms with Gasteiger partial charge in [-0.3, -0.25) is 4.79 Å². The molecule has 0 aliphatic heterocycles. The first-order valence-corrected chi connectivity index (χ1v) is 8.58. The highest BCUT2D eigenvalue weighted by molar-refractivity contribution is 7.21. The summed E-state index contributed by atoms with van der Waals surface area (Å²) < 4.78 is 20.0. The second-order valence-corrected chi connectivity index (χ2v) is 6.98. The van der Waals surface area contributed by atoms with E-state index in [1.54, 1.807) is 12.1 Å². The number of aliphatic hydroxyl groups is 1. The van der Waals surface area contributed by atoms with Crippen LogP contribution in [-0.4, -0.2) is 30.8 Å². The summed E-state index contributed by atoms with van der Waals surface area (Å²) in [6.45, 7) is 0.404. The summed E-state index contributed by atoms with van der Waals surface area (Å²) in [7, 11) is 1.52. The Kier molecular flexibility index (Phi) is 4.94. The first-order chi connectivity index (χ1) is 11.1. The third-order valence-corrected chi connectivity index (χ3v) is 5.62. The van der Waals surface area contributed by atoms with Crippen LogP contribution in [0.25, 0.3) is 10.1 Å². The molecule has 1 saturated carbocycles. The van der Waals surface area contributed by atoms with Crippen LogP contribution < -0.4 is 5.32 Å². The highest BCUT2D eigenvalue weighted by Crippen LogP contribution is 2.34. The maximum Gasteiger partial charge on any atom is 0.261 e. The number of carbonyl (C=O) groups excluding carboxylic acids is 1. The molecule has 2 aromatic rings. The molecule has 0 bridgehead atoms. The number of thiophene rings is 1. The predicted octanol–water partition coefficient (Wildman–Crippen LogP) is 3.08. The number of hydrogen-bond acceptors (Lipinski definition) is 4. The van der Waals surface area contributed by atoms with Crippen molar-refractivity contribution in [2.75, 3.05) is 13.7 Å². The van der Waals surface area contributed by atoms with Crippen molar-refractivity contribution in [2.24, 2.45) is 5.92 Å². The Morgan fingerprint density at radius 1 is 1.52 bits per heavy atom.